The van der Waals surface area contributed by atoms with Gasteiger partial charge in [0.15, 0.2) is 6.61 Å². The zero-order valence-electron chi connectivity index (χ0n) is 15.3. The third-order valence-corrected chi connectivity index (χ3v) is 3.87. The van der Waals surface area contributed by atoms with E-state index in [0.29, 0.717) is 11.3 Å². The Morgan fingerprint density at radius 2 is 1.85 bits per heavy atom. The first-order chi connectivity index (χ1) is 13.1. The fraction of sp³-hybridized carbons (Fsp3) is 0.300. The Hall–Kier alpha value is -3.22. The highest BCUT2D eigenvalue weighted by Crippen LogP contribution is 2.14. The molecule has 0 aromatic heterocycles. The molecule has 142 valence electrons. The standard InChI is InChI=1S/C20H23N3O4/c1-2-3-4-5-16-8-12-19(13-9-16)27-15-20(24)22-21-14-17-6-10-18(11-7-17)23(25)26/h6-14H,2-5,15H2,1H3,(H,22,24)/b21-14-. The maximum Gasteiger partial charge on any atom is 0.277 e. The first-order valence-electron chi connectivity index (χ1n) is 8.86. The predicted octanol–water partition coefficient (Wildman–Crippen LogP) is 3.86. The van der Waals surface area contributed by atoms with Crippen molar-refractivity contribution < 1.29 is 14.5 Å². The number of hydrogen-bond donors (Lipinski definition) is 1. The third kappa shape index (κ3) is 7.27. The van der Waals surface area contributed by atoms with E-state index in [1.165, 1.54) is 43.2 Å². The van der Waals surface area contributed by atoms with Gasteiger partial charge in [0.25, 0.3) is 11.6 Å². The molecule has 0 bridgehead atoms. The van der Waals surface area contributed by atoms with Crippen molar-refractivity contribution in [2.45, 2.75) is 32.6 Å². The molecule has 2 rings (SSSR count). The SMILES string of the molecule is CCCCCc1ccc(OCC(=O)N/N=C\c2ccc([N+](=O)[O-])cc2)cc1. The predicted molar refractivity (Wildman–Crippen MR) is 104 cm³/mol. The average molecular weight is 369 g/mol. The Morgan fingerprint density at radius 3 is 2.48 bits per heavy atom. The van der Waals surface area contributed by atoms with E-state index in [9.17, 15) is 14.9 Å². The number of nitro benzene ring substituents is 1. The van der Waals surface area contributed by atoms with Crippen LogP contribution in [0, 0.1) is 10.1 Å². The number of hydrazone groups is 1. The summed E-state index contributed by atoms with van der Waals surface area (Å²) in [6.45, 7) is 2.03. The van der Waals surface area contributed by atoms with E-state index in [2.05, 4.69) is 17.5 Å². The molecule has 7 heteroatoms. The Kier molecular flexibility index (Phi) is 7.96. The smallest absolute Gasteiger partial charge is 0.277 e. The van der Waals surface area contributed by atoms with Gasteiger partial charge in [-0.3, -0.25) is 14.9 Å². The van der Waals surface area contributed by atoms with E-state index in [0.717, 1.165) is 6.42 Å². The lowest BCUT2D eigenvalue weighted by Gasteiger charge is -2.06. The van der Waals surface area contributed by atoms with Gasteiger partial charge in [0.1, 0.15) is 5.75 Å². The minimum Gasteiger partial charge on any atom is -0.484 e. The number of nitrogens with one attached hydrogen (secondary N) is 1. The van der Waals surface area contributed by atoms with Gasteiger partial charge in [0.05, 0.1) is 11.1 Å². The van der Waals surface area contributed by atoms with Gasteiger partial charge >= 0.3 is 0 Å². The lowest BCUT2D eigenvalue weighted by atomic mass is 10.1. The van der Waals surface area contributed by atoms with Crippen LogP contribution in [0.5, 0.6) is 5.75 Å². The summed E-state index contributed by atoms with van der Waals surface area (Å²) in [6, 6.07) is 13.6. The number of benzene rings is 2. The molecule has 0 atom stereocenters. The fourth-order valence-corrected chi connectivity index (χ4v) is 2.37. The van der Waals surface area contributed by atoms with Crippen molar-refractivity contribution in [2.24, 2.45) is 5.10 Å². The van der Waals surface area contributed by atoms with Crippen LogP contribution in [-0.2, 0) is 11.2 Å². The van der Waals surface area contributed by atoms with Crippen molar-refractivity contribution in [3.05, 3.63) is 69.8 Å². The summed E-state index contributed by atoms with van der Waals surface area (Å²) in [5.74, 6) is 0.240. The average Bonchev–Trinajstić information content (AvgIpc) is 2.68. The summed E-state index contributed by atoms with van der Waals surface area (Å²) in [4.78, 5) is 21.9. The topological polar surface area (TPSA) is 93.8 Å². The Morgan fingerprint density at radius 1 is 1.15 bits per heavy atom. The van der Waals surface area contributed by atoms with Crippen molar-refractivity contribution in [3.63, 3.8) is 0 Å². The number of nitro groups is 1. The Labute approximate surface area is 158 Å². The van der Waals surface area contributed by atoms with Crippen molar-refractivity contribution in [1.82, 2.24) is 5.43 Å². The van der Waals surface area contributed by atoms with Gasteiger partial charge in [0, 0.05) is 12.1 Å². The number of carbonyl (C=O) groups excluding carboxylic acids is 1. The molecule has 0 aliphatic heterocycles. The molecule has 1 amide bonds. The molecule has 0 aliphatic carbocycles. The van der Waals surface area contributed by atoms with Crippen LogP contribution < -0.4 is 10.2 Å². The van der Waals surface area contributed by atoms with Crippen LogP contribution in [0.1, 0.15) is 37.3 Å². The number of amides is 1. The van der Waals surface area contributed by atoms with Crippen molar-refractivity contribution in [3.8, 4) is 5.75 Å². The maximum absolute atomic E-state index is 11.8. The Bertz CT molecular complexity index is 771. The summed E-state index contributed by atoms with van der Waals surface area (Å²) < 4.78 is 5.43. The molecular weight excluding hydrogens is 346 g/mol. The second kappa shape index (κ2) is 10.7. The monoisotopic (exact) mass is 369 g/mol. The second-order valence-electron chi connectivity index (χ2n) is 6.03. The van der Waals surface area contributed by atoms with Crippen molar-refractivity contribution in [2.75, 3.05) is 6.61 Å². The number of ether oxygens (including phenoxy) is 1. The molecule has 2 aromatic carbocycles. The molecule has 0 unspecified atom stereocenters. The highest BCUT2D eigenvalue weighted by molar-refractivity contribution is 5.83. The fourth-order valence-electron chi connectivity index (χ4n) is 2.37. The molecule has 0 heterocycles. The number of aryl methyl sites for hydroxylation is 1. The molecule has 27 heavy (non-hydrogen) atoms. The van der Waals surface area contributed by atoms with Gasteiger partial charge in [-0.25, -0.2) is 5.43 Å². The summed E-state index contributed by atoms with van der Waals surface area (Å²) in [7, 11) is 0. The molecule has 0 fully saturated rings. The van der Waals surface area contributed by atoms with Crippen molar-refractivity contribution >= 4 is 17.8 Å². The third-order valence-electron chi connectivity index (χ3n) is 3.87. The molecule has 0 spiro atoms. The Balaban J connectivity index is 1.73. The van der Waals surface area contributed by atoms with Gasteiger partial charge in [0.2, 0.25) is 0 Å². The summed E-state index contributed by atoms with van der Waals surface area (Å²) in [5.41, 5.74) is 4.25. The minimum absolute atomic E-state index is 0.000896. The summed E-state index contributed by atoms with van der Waals surface area (Å²) >= 11 is 0. The van der Waals surface area contributed by atoms with Gasteiger partial charge in [-0.15, -0.1) is 0 Å². The van der Waals surface area contributed by atoms with Crippen LogP contribution in [0.3, 0.4) is 0 Å². The van der Waals surface area contributed by atoms with Crippen LogP contribution >= 0.6 is 0 Å². The molecular formula is C20H23N3O4. The molecule has 0 saturated carbocycles. The van der Waals surface area contributed by atoms with E-state index >= 15 is 0 Å². The molecule has 0 saturated heterocycles. The van der Waals surface area contributed by atoms with Gasteiger partial charge in [-0.2, -0.15) is 5.10 Å². The second-order valence-corrected chi connectivity index (χ2v) is 6.03. The summed E-state index contributed by atoms with van der Waals surface area (Å²) in [5, 5.41) is 14.4. The van der Waals surface area contributed by atoms with Crippen LogP contribution in [0.25, 0.3) is 0 Å². The quantitative estimate of drug-likeness (QED) is 0.298. The first kappa shape index (κ1) is 20.1. The molecule has 0 aliphatic rings. The number of non-ortho nitro benzene ring substituents is 1. The molecule has 0 radical (unpaired) electrons. The minimum atomic E-state index is -0.474. The van der Waals surface area contributed by atoms with Gasteiger partial charge in [-0.05, 0) is 48.2 Å². The van der Waals surface area contributed by atoms with Gasteiger partial charge in [-0.1, -0.05) is 31.9 Å². The zero-order chi connectivity index (χ0) is 19.5. The largest absolute Gasteiger partial charge is 0.484 e. The molecule has 2 aromatic rings. The van der Waals surface area contributed by atoms with E-state index in [-0.39, 0.29) is 18.2 Å². The van der Waals surface area contributed by atoms with Crippen LogP contribution in [-0.4, -0.2) is 23.7 Å². The van der Waals surface area contributed by atoms with E-state index in [4.69, 9.17) is 4.74 Å². The van der Waals surface area contributed by atoms with Crippen LogP contribution in [0.15, 0.2) is 53.6 Å². The van der Waals surface area contributed by atoms with E-state index in [1.54, 1.807) is 12.1 Å². The highest BCUT2D eigenvalue weighted by atomic mass is 16.6. The summed E-state index contributed by atoms with van der Waals surface area (Å²) in [6.07, 6.45) is 6.05. The number of nitrogens with zero attached hydrogens (tertiary/aromatic N) is 2. The zero-order valence-corrected chi connectivity index (χ0v) is 15.3. The lowest BCUT2D eigenvalue weighted by molar-refractivity contribution is -0.384. The van der Waals surface area contributed by atoms with Crippen molar-refractivity contribution in [1.29, 1.82) is 0 Å². The maximum atomic E-state index is 11.8. The van der Waals surface area contributed by atoms with Gasteiger partial charge < -0.3 is 4.74 Å². The van der Waals surface area contributed by atoms with Crippen LogP contribution in [0.4, 0.5) is 5.69 Å². The van der Waals surface area contributed by atoms with E-state index < -0.39 is 4.92 Å². The first-order valence-corrected chi connectivity index (χ1v) is 8.86. The van der Waals surface area contributed by atoms with E-state index in [1.807, 2.05) is 24.3 Å². The number of rotatable bonds is 10. The highest BCUT2D eigenvalue weighted by Gasteiger charge is 2.04. The van der Waals surface area contributed by atoms with Crippen LogP contribution in [0.2, 0.25) is 0 Å². The number of carbonyl (C=O) groups is 1. The molecule has 7 nitrogen and oxygen atoms in total. The number of unbranched alkanes of at least 4 members (excludes halogenated alkanes) is 2. The normalized spacial score (nSPS) is 10.7. The lowest BCUT2D eigenvalue weighted by Crippen LogP contribution is -2.24. The number of hydrogen-bond acceptors (Lipinski definition) is 5. The molecule has 1 N–H and O–H groups in total.